The highest BCUT2D eigenvalue weighted by atomic mass is 19.4. The molecule has 30 heavy (non-hydrogen) atoms. The first-order chi connectivity index (χ1) is 14.2. The first kappa shape index (κ1) is 21.1. The third kappa shape index (κ3) is 5.25. The van der Waals surface area contributed by atoms with Gasteiger partial charge in [0.15, 0.2) is 0 Å². The van der Waals surface area contributed by atoms with E-state index < -0.39 is 29.6 Å². The van der Waals surface area contributed by atoms with Crippen molar-refractivity contribution in [2.24, 2.45) is 0 Å². The van der Waals surface area contributed by atoms with Crippen LogP contribution < -0.4 is 15.6 Å². The van der Waals surface area contributed by atoms with Gasteiger partial charge < -0.3 is 10.1 Å². The van der Waals surface area contributed by atoms with Crippen LogP contribution in [-0.2, 0) is 11.3 Å². The van der Waals surface area contributed by atoms with Crippen LogP contribution >= 0.6 is 0 Å². The second-order valence-corrected chi connectivity index (χ2v) is 6.42. The molecule has 156 valence electrons. The molecule has 3 rings (SSSR count). The zero-order valence-corrected chi connectivity index (χ0v) is 15.9. The monoisotopic (exact) mass is 417 g/mol. The van der Waals surface area contributed by atoms with Gasteiger partial charge in [0.05, 0.1) is 5.69 Å². The summed E-state index contributed by atoms with van der Waals surface area (Å²) in [5, 5.41) is 6.78. The Morgan fingerprint density at radius 2 is 1.73 bits per heavy atom. The summed E-state index contributed by atoms with van der Waals surface area (Å²) in [5.74, 6) is -0.976. The molecule has 1 amide bonds. The van der Waals surface area contributed by atoms with E-state index in [1.54, 1.807) is 6.07 Å². The molecule has 0 saturated carbocycles. The lowest BCUT2D eigenvalue weighted by Gasteiger charge is -2.17. The molecule has 1 aromatic heterocycles. The summed E-state index contributed by atoms with van der Waals surface area (Å²) in [4.78, 5) is 24.7. The van der Waals surface area contributed by atoms with Crippen LogP contribution in [0.1, 0.15) is 18.5 Å². The second-order valence-electron chi connectivity index (χ2n) is 6.42. The maximum Gasteiger partial charge on any atom is 0.573 e. The number of alkyl halides is 3. The summed E-state index contributed by atoms with van der Waals surface area (Å²) in [5.41, 5.74) is 0.961. The number of amides is 1. The fourth-order valence-electron chi connectivity index (χ4n) is 2.78. The molecule has 0 aliphatic rings. The van der Waals surface area contributed by atoms with E-state index in [0.29, 0.717) is 5.69 Å². The highest BCUT2D eigenvalue weighted by Gasteiger charge is 2.32. The van der Waals surface area contributed by atoms with Crippen LogP contribution in [0.2, 0.25) is 0 Å². The van der Waals surface area contributed by atoms with Crippen molar-refractivity contribution >= 4 is 5.91 Å². The minimum absolute atomic E-state index is 0.147. The van der Waals surface area contributed by atoms with Crippen molar-refractivity contribution in [2.75, 3.05) is 0 Å². The normalized spacial score (nSPS) is 12.3. The third-order valence-electron chi connectivity index (χ3n) is 4.29. The molecule has 0 saturated heterocycles. The van der Waals surface area contributed by atoms with Gasteiger partial charge in [-0.2, -0.15) is 5.10 Å². The van der Waals surface area contributed by atoms with Gasteiger partial charge in [-0.1, -0.05) is 48.5 Å². The number of para-hydroxylation sites is 1. The quantitative estimate of drug-likeness (QED) is 0.664. The molecule has 1 unspecified atom stereocenters. The number of nitrogens with one attached hydrogen (secondary N) is 1. The number of carbonyl (C=O) groups is 1. The highest BCUT2D eigenvalue weighted by molar-refractivity contribution is 5.79. The molecule has 3 aromatic rings. The molecule has 1 heterocycles. The maximum absolute atomic E-state index is 12.5. The smallest absolute Gasteiger partial charge is 0.405 e. The molecule has 2 aromatic carbocycles. The summed E-state index contributed by atoms with van der Waals surface area (Å²) in [6.07, 6.45) is -4.84. The Kier molecular flexibility index (Phi) is 6.20. The largest absolute Gasteiger partial charge is 0.573 e. The topological polar surface area (TPSA) is 73.2 Å². The van der Waals surface area contributed by atoms with E-state index in [1.165, 1.54) is 31.2 Å². The minimum Gasteiger partial charge on any atom is -0.405 e. The average molecular weight is 417 g/mol. The first-order valence-electron chi connectivity index (χ1n) is 9.01. The van der Waals surface area contributed by atoms with Gasteiger partial charge in [-0.15, -0.1) is 13.2 Å². The summed E-state index contributed by atoms with van der Waals surface area (Å²) in [6, 6.07) is 16.5. The van der Waals surface area contributed by atoms with Crippen LogP contribution in [0.5, 0.6) is 5.75 Å². The van der Waals surface area contributed by atoms with Crippen molar-refractivity contribution < 1.29 is 22.7 Å². The molecule has 0 radical (unpaired) electrons. The summed E-state index contributed by atoms with van der Waals surface area (Å²) in [6.45, 7) is 1.28. The van der Waals surface area contributed by atoms with Gasteiger partial charge >= 0.3 is 6.36 Å². The van der Waals surface area contributed by atoms with E-state index in [2.05, 4.69) is 15.2 Å². The SMILES string of the molecule is CC(C(=O)NCc1ccccc1OC(F)(F)F)n1nc(-c2ccccc2)ccc1=O. The minimum atomic E-state index is -4.84. The zero-order valence-electron chi connectivity index (χ0n) is 15.9. The molecule has 6 nitrogen and oxygen atoms in total. The van der Waals surface area contributed by atoms with E-state index in [4.69, 9.17) is 0 Å². The van der Waals surface area contributed by atoms with Crippen molar-refractivity contribution in [1.29, 1.82) is 0 Å². The number of benzene rings is 2. The van der Waals surface area contributed by atoms with Gasteiger partial charge in [0.25, 0.3) is 5.56 Å². The van der Waals surface area contributed by atoms with E-state index >= 15 is 0 Å². The maximum atomic E-state index is 12.5. The molecule has 1 atom stereocenters. The Bertz CT molecular complexity index is 1080. The van der Waals surface area contributed by atoms with Gasteiger partial charge in [0.1, 0.15) is 11.8 Å². The zero-order chi connectivity index (χ0) is 21.7. The Hall–Kier alpha value is -3.62. The predicted molar refractivity (Wildman–Crippen MR) is 104 cm³/mol. The van der Waals surface area contributed by atoms with Crippen LogP contribution in [0, 0.1) is 0 Å². The van der Waals surface area contributed by atoms with Crippen LogP contribution in [-0.4, -0.2) is 22.1 Å². The second kappa shape index (κ2) is 8.81. The fraction of sp³-hybridized carbons (Fsp3) is 0.190. The molecule has 0 spiro atoms. The molecule has 0 aliphatic heterocycles. The van der Waals surface area contributed by atoms with Crippen LogP contribution in [0.4, 0.5) is 13.2 Å². The lowest BCUT2D eigenvalue weighted by Crippen LogP contribution is -2.36. The number of carbonyl (C=O) groups excluding carboxylic acids is 1. The molecule has 0 aliphatic carbocycles. The van der Waals surface area contributed by atoms with Gasteiger partial charge in [0, 0.05) is 23.7 Å². The lowest BCUT2D eigenvalue weighted by atomic mass is 10.1. The molecular formula is C21H18F3N3O3. The van der Waals surface area contributed by atoms with Gasteiger partial charge in [-0.05, 0) is 19.1 Å². The number of hydrogen-bond donors (Lipinski definition) is 1. The van der Waals surface area contributed by atoms with Crippen molar-refractivity contribution in [3.8, 4) is 17.0 Å². The molecular weight excluding hydrogens is 399 g/mol. The van der Waals surface area contributed by atoms with E-state index in [9.17, 15) is 22.8 Å². The lowest BCUT2D eigenvalue weighted by molar-refractivity contribution is -0.274. The third-order valence-corrected chi connectivity index (χ3v) is 4.29. The number of halogens is 3. The van der Waals surface area contributed by atoms with Gasteiger partial charge in [0.2, 0.25) is 5.91 Å². The van der Waals surface area contributed by atoms with Crippen molar-refractivity contribution in [3.05, 3.63) is 82.6 Å². The van der Waals surface area contributed by atoms with Gasteiger partial charge in [-0.3, -0.25) is 9.59 Å². The summed E-state index contributed by atoms with van der Waals surface area (Å²) in [7, 11) is 0. The molecule has 0 fully saturated rings. The van der Waals surface area contributed by atoms with E-state index in [1.807, 2.05) is 30.3 Å². The first-order valence-corrected chi connectivity index (χ1v) is 9.01. The van der Waals surface area contributed by atoms with Crippen molar-refractivity contribution in [2.45, 2.75) is 25.9 Å². The fourth-order valence-corrected chi connectivity index (χ4v) is 2.78. The predicted octanol–water partition coefficient (Wildman–Crippen LogP) is 3.69. The molecule has 0 bridgehead atoms. The Morgan fingerprint density at radius 3 is 2.43 bits per heavy atom. The summed E-state index contributed by atoms with van der Waals surface area (Å²) < 4.78 is 42.6. The van der Waals surface area contributed by atoms with Crippen LogP contribution in [0.3, 0.4) is 0 Å². The molecule has 1 N–H and O–H groups in total. The number of rotatable bonds is 6. The Balaban J connectivity index is 1.75. The Labute approximate surface area is 169 Å². The number of aromatic nitrogens is 2. The van der Waals surface area contributed by atoms with Crippen molar-refractivity contribution in [3.63, 3.8) is 0 Å². The number of ether oxygens (including phenoxy) is 1. The standard InChI is InChI=1S/C21H18F3N3O3/c1-14(27-19(28)12-11-17(26-27)15-7-3-2-4-8-15)20(29)25-13-16-9-5-6-10-18(16)30-21(22,23)24/h2-12,14H,13H2,1H3,(H,25,29). The average Bonchev–Trinajstić information content (AvgIpc) is 2.72. The summed E-state index contributed by atoms with van der Waals surface area (Å²) >= 11 is 0. The highest BCUT2D eigenvalue weighted by Crippen LogP contribution is 2.26. The number of nitrogens with zero attached hydrogens (tertiary/aromatic N) is 2. The van der Waals surface area contributed by atoms with Crippen molar-refractivity contribution in [1.82, 2.24) is 15.1 Å². The van der Waals surface area contributed by atoms with Gasteiger partial charge in [-0.25, -0.2) is 4.68 Å². The van der Waals surface area contributed by atoms with E-state index in [0.717, 1.165) is 16.3 Å². The Morgan fingerprint density at radius 1 is 1.07 bits per heavy atom. The molecule has 9 heteroatoms. The van der Waals surface area contributed by atoms with Crippen LogP contribution in [0.15, 0.2) is 71.5 Å². The number of hydrogen-bond acceptors (Lipinski definition) is 4. The van der Waals surface area contributed by atoms with E-state index in [-0.39, 0.29) is 12.1 Å². The van der Waals surface area contributed by atoms with Crippen LogP contribution in [0.25, 0.3) is 11.3 Å².